The Kier molecular flexibility index (Phi) is 6.21. The molecular formula is C17H24N2O2S. The highest BCUT2D eigenvalue weighted by Gasteiger charge is 2.15. The van der Waals surface area contributed by atoms with Crippen LogP contribution in [0.4, 0.5) is 0 Å². The van der Waals surface area contributed by atoms with Crippen LogP contribution in [-0.2, 0) is 6.42 Å². The van der Waals surface area contributed by atoms with Gasteiger partial charge in [-0.1, -0.05) is 19.9 Å². The fourth-order valence-corrected chi connectivity index (χ4v) is 2.96. The van der Waals surface area contributed by atoms with Gasteiger partial charge in [0.1, 0.15) is 0 Å². The number of methoxy groups -OCH3 is 1. The van der Waals surface area contributed by atoms with Crippen molar-refractivity contribution in [2.24, 2.45) is 11.7 Å². The van der Waals surface area contributed by atoms with E-state index in [1.165, 1.54) is 5.56 Å². The van der Waals surface area contributed by atoms with Crippen LogP contribution in [0.3, 0.4) is 0 Å². The number of ether oxygens (including phenoxy) is 2. The van der Waals surface area contributed by atoms with Gasteiger partial charge in [-0.15, -0.1) is 11.3 Å². The lowest BCUT2D eigenvalue weighted by Crippen LogP contribution is -2.15. The molecule has 2 N–H and O–H groups in total. The molecule has 0 fully saturated rings. The second kappa shape index (κ2) is 8.15. The molecule has 0 aliphatic heterocycles. The molecule has 5 heteroatoms. The summed E-state index contributed by atoms with van der Waals surface area (Å²) in [6.07, 6.45) is 2.68. The van der Waals surface area contributed by atoms with E-state index in [2.05, 4.69) is 24.9 Å². The molecule has 0 amide bonds. The predicted octanol–water partition coefficient (Wildman–Crippen LogP) is 3.47. The van der Waals surface area contributed by atoms with Crippen LogP contribution in [0.25, 0.3) is 0 Å². The third-order valence-electron chi connectivity index (χ3n) is 3.37. The highest BCUT2D eigenvalue weighted by atomic mass is 32.1. The van der Waals surface area contributed by atoms with Crippen molar-refractivity contribution in [2.75, 3.05) is 20.3 Å². The molecule has 0 aliphatic rings. The SMILES string of the molecule is COc1cc(CC(CN)c2nccs2)ccc1OCC(C)C. The number of hydrogen-bond acceptors (Lipinski definition) is 5. The summed E-state index contributed by atoms with van der Waals surface area (Å²) in [5.41, 5.74) is 7.08. The Morgan fingerprint density at radius 3 is 2.68 bits per heavy atom. The lowest BCUT2D eigenvalue weighted by atomic mass is 9.99. The van der Waals surface area contributed by atoms with Gasteiger partial charge in [0, 0.05) is 24.0 Å². The lowest BCUT2D eigenvalue weighted by Gasteiger charge is -2.16. The minimum atomic E-state index is 0.243. The first-order valence-corrected chi connectivity index (χ1v) is 8.41. The van der Waals surface area contributed by atoms with E-state index in [1.807, 2.05) is 23.7 Å². The summed E-state index contributed by atoms with van der Waals surface area (Å²) >= 11 is 1.65. The normalized spacial score (nSPS) is 12.4. The third kappa shape index (κ3) is 4.45. The van der Waals surface area contributed by atoms with Gasteiger partial charge >= 0.3 is 0 Å². The zero-order valence-corrected chi connectivity index (χ0v) is 14.2. The molecule has 4 nitrogen and oxygen atoms in total. The maximum Gasteiger partial charge on any atom is 0.161 e. The average Bonchev–Trinajstić information content (AvgIpc) is 3.05. The Morgan fingerprint density at radius 2 is 2.09 bits per heavy atom. The number of benzene rings is 1. The van der Waals surface area contributed by atoms with E-state index in [9.17, 15) is 0 Å². The van der Waals surface area contributed by atoms with Gasteiger partial charge in [-0.2, -0.15) is 0 Å². The quantitative estimate of drug-likeness (QED) is 0.809. The number of nitrogens with two attached hydrogens (primary N) is 1. The van der Waals surface area contributed by atoms with Gasteiger partial charge in [0.05, 0.1) is 18.7 Å². The molecule has 120 valence electrons. The molecule has 0 saturated heterocycles. The van der Waals surface area contributed by atoms with Gasteiger partial charge in [-0.3, -0.25) is 0 Å². The average molecular weight is 320 g/mol. The Balaban J connectivity index is 2.11. The Bertz CT molecular complexity index is 570. The van der Waals surface area contributed by atoms with E-state index in [0.717, 1.165) is 22.9 Å². The third-order valence-corrected chi connectivity index (χ3v) is 4.31. The lowest BCUT2D eigenvalue weighted by molar-refractivity contribution is 0.256. The van der Waals surface area contributed by atoms with Crippen LogP contribution in [0.1, 0.15) is 30.3 Å². The number of rotatable bonds is 8. The minimum absolute atomic E-state index is 0.243. The van der Waals surface area contributed by atoms with Gasteiger partial charge in [0.2, 0.25) is 0 Å². The van der Waals surface area contributed by atoms with Crippen LogP contribution in [-0.4, -0.2) is 25.2 Å². The van der Waals surface area contributed by atoms with Crippen LogP contribution < -0.4 is 15.2 Å². The van der Waals surface area contributed by atoms with Crippen molar-refractivity contribution in [1.29, 1.82) is 0 Å². The van der Waals surface area contributed by atoms with Gasteiger partial charge in [-0.05, 0) is 30.0 Å². The van der Waals surface area contributed by atoms with E-state index in [0.29, 0.717) is 19.1 Å². The number of nitrogens with zero attached hydrogens (tertiary/aromatic N) is 1. The summed E-state index contributed by atoms with van der Waals surface area (Å²) in [5, 5.41) is 3.07. The fourth-order valence-electron chi connectivity index (χ4n) is 2.21. The molecule has 1 heterocycles. The van der Waals surface area contributed by atoms with Crippen molar-refractivity contribution < 1.29 is 9.47 Å². The van der Waals surface area contributed by atoms with Crippen molar-refractivity contribution in [3.05, 3.63) is 40.3 Å². The van der Waals surface area contributed by atoms with Gasteiger partial charge in [0.15, 0.2) is 11.5 Å². The number of thiazole rings is 1. The summed E-state index contributed by atoms with van der Waals surface area (Å²) in [4.78, 5) is 4.38. The van der Waals surface area contributed by atoms with Crippen LogP contribution in [0.2, 0.25) is 0 Å². The standard InChI is InChI=1S/C17H24N2O2S/c1-12(2)11-21-15-5-4-13(9-16(15)20-3)8-14(10-18)17-19-6-7-22-17/h4-7,9,12,14H,8,10-11,18H2,1-3H3. The Labute approximate surface area is 136 Å². The first kappa shape index (κ1) is 16.8. The molecule has 2 rings (SSSR count). The van der Waals surface area contributed by atoms with E-state index in [-0.39, 0.29) is 5.92 Å². The molecule has 0 bridgehead atoms. The second-order valence-corrected chi connectivity index (χ2v) is 6.62. The molecule has 0 radical (unpaired) electrons. The smallest absolute Gasteiger partial charge is 0.161 e. The van der Waals surface area contributed by atoms with Crippen molar-refractivity contribution >= 4 is 11.3 Å². The second-order valence-electron chi connectivity index (χ2n) is 5.70. The van der Waals surface area contributed by atoms with Gasteiger partial charge in [0.25, 0.3) is 0 Å². The Hall–Kier alpha value is -1.59. The summed E-state index contributed by atoms with van der Waals surface area (Å²) < 4.78 is 11.2. The fraction of sp³-hybridized carbons (Fsp3) is 0.471. The zero-order valence-electron chi connectivity index (χ0n) is 13.4. The highest BCUT2D eigenvalue weighted by molar-refractivity contribution is 7.09. The van der Waals surface area contributed by atoms with E-state index < -0.39 is 0 Å². The minimum Gasteiger partial charge on any atom is -0.493 e. The van der Waals surface area contributed by atoms with Crippen LogP contribution in [0, 0.1) is 5.92 Å². The van der Waals surface area contributed by atoms with E-state index >= 15 is 0 Å². The molecule has 1 unspecified atom stereocenters. The summed E-state index contributed by atoms with van der Waals surface area (Å²) in [7, 11) is 1.67. The van der Waals surface area contributed by atoms with Crippen LogP contribution in [0.5, 0.6) is 11.5 Å². The molecule has 1 aromatic heterocycles. The van der Waals surface area contributed by atoms with Crippen molar-refractivity contribution in [1.82, 2.24) is 4.98 Å². The van der Waals surface area contributed by atoms with Crippen LogP contribution >= 0.6 is 11.3 Å². The van der Waals surface area contributed by atoms with E-state index in [1.54, 1.807) is 18.4 Å². The largest absolute Gasteiger partial charge is 0.493 e. The van der Waals surface area contributed by atoms with Crippen molar-refractivity contribution in [3.8, 4) is 11.5 Å². The molecular weight excluding hydrogens is 296 g/mol. The van der Waals surface area contributed by atoms with Crippen LogP contribution in [0.15, 0.2) is 29.8 Å². The molecule has 1 atom stereocenters. The predicted molar refractivity (Wildman–Crippen MR) is 90.9 cm³/mol. The summed E-state index contributed by atoms with van der Waals surface area (Å²) in [5.74, 6) is 2.29. The van der Waals surface area contributed by atoms with Crippen molar-refractivity contribution in [3.63, 3.8) is 0 Å². The molecule has 1 aromatic carbocycles. The molecule has 0 aliphatic carbocycles. The molecule has 2 aromatic rings. The maximum atomic E-state index is 5.90. The molecule has 0 saturated carbocycles. The van der Waals surface area contributed by atoms with Gasteiger partial charge in [-0.25, -0.2) is 4.98 Å². The summed E-state index contributed by atoms with van der Waals surface area (Å²) in [6, 6.07) is 6.09. The zero-order chi connectivity index (χ0) is 15.9. The van der Waals surface area contributed by atoms with Crippen molar-refractivity contribution in [2.45, 2.75) is 26.2 Å². The Morgan fingerprint density at radius 1 is 1.27 bits per heavy atom. The topological polar surface area (TPSA) is 57.4 Å². The number of aromatic nitrogens is 1. The van der Waals surface area contributed by atoms with Gasteiger partial charge < -0.3 is 15.2 Å². The highest BCUT2D eigenvalue weighted by Crippen LogP contribution is 2.31. The monoisotopic (exact) mass is 320 g/mol. The maximum absolute atomic E-state index is 5.90. The first-order valence-electron chi connectivity index (χ1n) is 7.53. The summed E-state index contributed by atoms with van der Waals surface area (Å²) in [6.45, 7) is 5.52. The number of hydrogen-bond donors (Lipinski definition) is 1. The molecule has 22 heavy (non-hydrogen) atoms. The molecule has 0 spiro atoms. The van der Waals surface area contributed by atoms with E-state index in [4.69, 9.17) is 15.2 Å². The first-order chi connectivity index (χ1) is 10.6.